The molecular weight excluding hydrogens is 323 g/mol. The fourth-order valence-electron chi connectivity index (χ4n) is 1.94. The van der Waals surface area contributed by atoms with Gasteiger partial charge in [-0.25, -0.2) is 0 Å². The molecule has 7 heteroatoms. The summed E-state index contributed by atoms with van der Waals surface area (Å²) in [6.45, 7) is 0. The summed E-state index contributed by atoms with van der Waals surface area (Å²) in [6.07, 6.45) is 0. The molecule has 0 unspecified atom stereocenters. The lowest BCUT2D eigenvalue weighted by atomic mass is 10.2. The molecule has 3 aromatic rings. The second-order valence-corrected chi connectivity index (χ2v) is 5.37. The van der Waals surface area contributed by atoms with Crippen molar-refractivity contribution < 1.29 is 0 Å². The Kier molecular flexibility index (Phi) is 4.09. The van der Waals surface area contributed by atoms with Crippen LogP contribution in [0.15, 0.2) is 53.3 Å². The van der Waals surface area contributed by atoms with Crippen molar-refractivity contribution >= 4 is 34.8 Å². The Morgan fingerprint density at radius 2 is 1.64 bits per heavy atom. The maximum Gasteiger partial charge on any atom is 0.279 e. The van der Waals surface area contributed by atoms with Crippen molar-refractivity contribution in [3.8, 4) is 11.3 Å². The molecule has 0 aliphatic carbocycles. The highest BCUT2D eigenvalue weighted by atomic mass is 35.5. The van der Waals surface area contributed by atoms with E-state index in [1.807, 2.05) is 18.2 Å². The van der Waals surface area contributed by atoms with Crippen LogP contribution in [0.1, 0.15) is 0 Å². The van der Waals surface area contributed by atoms with E-state index in [9.17, 15) is 4.79 Å². The third-order valence-corrected chi connectivity index (χ3v) is 3.31. The Labute approximate surface area is 135 Å². The first-order valence-corrected chi connectivity index (χ1v) is 7.13. The fourth-order valence-corrected chi connectivity index (χ4v) is 2.47. The molecule has 0 amide bonds. The highest BCUT2D eigenvalue weighted by Crippen LogP contribution is 2.23. The standard InChI is InChI=1S/C15H10Cl2N4O/c16-10-6-11(17)8-12(7-10)18-15-19-14(22)13(20-21-15)9-4-2-1-3-5-9/h1-8H,(H2,18,19,21,22). The summed E-state index contributed by atoms with van der Waals surface area (Å²) in [6, 6.07) is 14.1. The summed E-state index contributed by atoms with van der Waals surface area (Å²) in [5.74, 6) is 0.211. The Hall–Kier alpha value is -2.37. The molecule has 22 heavy (non-hydrogen) atoms. The summed E-state index contributed by atoms with van der Waals surface area (Å²) in [7, 11) is 0. The minimum absolute atomic E-state index is 0.211. The molecule has 0 radical (unpaired) electrons. The van der Waals surface area contributed by atoms with Gasteiger partial charge in [-0.1, -0.05) is 53.5 Å². The third kappa shape index (κ3) is 3.27. The largest absolute Gasteiger partial charge is 0.324 e. The number of halogens is 2. The van der Waals surface area contributed by atoms with Crippen LogP contribution >= 0.6 is 23.2 Å². The molecule has 3 rings (SSSR count). The van der Waals surface area contributed by atoms with E-state index in [2.05, 4.69) is 20.5 Å². The lowest BCUT2D eigenvalue weighted by Gasteiger charge is -2.06. The normalized spacial score (nSPS) is 10.5. The summed E-state index contributed by atoms with van der Waals surface area (Å²) in [5, 5.41) is 11.8. The van der Waals surface area contributed by atoms with Gasteiger partial charge in [-0.05, 0) is 18.2 Å². The van der Waals surface area contributed by atoms with Crippen LogP contribution in [0.5, 0.6) is 0 Å². The first kappa shape index (κ1) is 14.6. The summed E-state index contributed by atoms with van der Waals surface area (Å²) in [5.41, 5.74) is 1.23. The van der Waals surface area contributed by atoms with Gasteiger partial charge in [-0.15, -0.1) is 10.2 Å². The van der Waals surface area contributed by atoms with Crippen molar-refractivity contribution in [1.82, 2.24) is 15.2 Å². The monoisotopic (exact) mass is 332 g/mol. The van der Waals surface area contributed by atoms with Crippen molar-refractivity contribution in [3.63, 3.8) is 0 Å². The van der Waals surface area contributed by atoms with Crippen LogP contribution in [0, 0.1) is 0 Å². The van der Waals surface area contributed by atoms with E-state index in [0.717, 1.165) is 0 Å². The number of hydrogen-bond donors (Lipinski definition) is 2. The van der Waals surface area contributed by atoms with Crippen LogP contribution in [-0.4, -0.2) is 15.2 Å². The van der Waals surface area contributed by atoms with Crippen LogP contribution in [0.4, 0.5) is 11.6 Å². The van der Waals surface area contributed by atoms with Crippen molar-refractivity contribution in [3.05, 3.63) is 68.9 Å². The zero-order chi connectivity index (χ0) is 15.5. The van der Waals surface area contributed by atoms with Gasteiger partial charge >= 0.3 is 0 Å². The number of aromatic amines is 1. The van der Waals surface area contributed by atoms with E-state index < -0.39 is 0 Å². The maximum atomic E-state index is 12.1. The van der Waals surface area contributed by atoms with Crippen LogP contribution in [0.2, 0.25) is 10.0 Å². The zero-order valence-electron chi connectivity index (χ0n) is 11.2. The lowest BCUT2D eigenvalue weighted by Crippen LogP contribution is -2.15. The second-order valence-electron chi connectivity index (χ2n) is 4.50. The molecule has 0 bridgehead atoms. The second kappa shape index (κ2) is 6.17. The van der Waals surface area contributed by atoms with Crippen molar-refractivity contribution in [1.29, 1.82) is 0 Å². The number of aromatic nitrogens is 3. The van der Waals surface area contributed by atoms with Crippen LogP contribution in [0.25, 0.3) is 11.3 Å². The van der Waals surface area contributed by atoms with Gasteiger partial charge in [-0.3, -0.25) is 9.78 Å². The molecule has 0 aliphatic heterocycles. The van der Waals surface area contributed by atoms with Crippen LogP contribution < -0.4 is 10.9 Å². The number of anilines is 2. The fraction of sp³-hybridized carbons (Fsp3) is 0. The molecule has 0 aliphatic rings. The molecule has 1 aromatic heterocycles. The number of H-pyrrole nitrogens is 1. The number of hydrogen-bond acceptors (Lipinski definition) is 4. The van der Waals surface area contributed by atoms with Gasteiger partial charge in [0.2, 0.25) is 5.95 Å². The topological polar surface area (TPSA) is 70.7 Å². The molecule has 110 valence electrons. The zero-order valence-corrected chi connectivity index (χ0v) is 12.7. The van der Waals surface area contributed by atoms with Crippen LogP contribution in [-0.2, 0) is 0 Å². The molecule has 0 saturated carbocycles. The number of rotatable bonds is 3. The van der Waals surface area contributed by atoms with Gasteiger partial charge < -0.3 is 5.32 Å². The van der Waals surface area contributed by atoms with E-state index in [0.29, 0.717) is 21.3 Å². The molecule has 5 nitrogen and oxygen atoms in total. The molecule has 0 atom stereocenters. The van der Waals surface area contributed by atoms with E-state index in [1.54, 1.807) is 30.3 Å². The molecule has 0 saturated heterocycles. The highest BCUT2D eigenvalue weighted by molar-refractivity contribution is 6.35. The molecule has 1 heterocycles. The van der Waals surface area contributed by atoms with Crippen LogP contribution in [0.3, 0.4) is 0 Å². The Balaban J connectivity index is 1.91. The highest BCUT2D eigenvalue weighted by Gasteiger charge is 2.07. The van der Waals surface area contributed by atoms with E-state index in [4.69, 9.17) is 23.2 Å². The van der Waals surface area contributed by atoms with Crippen molar-refractivity contribution in [2.75, 3.05) is 5.32 Å². The molecule has 2 N–H and O–H groups in total. The van der Waals surface area contributed by atoms with Gasteiger partial charge in [0.15, 0.2) is 5.69 Å². The van der Waals surface area contributed by atoms with Gasteiger partial charge in [-0.2, -0.15) is 0 Å². The van der Waals surface area contributed by atoms with Crippen molar-refractivity contribution in [2.45, 2.75) is 0 Å². The maximum absolute atomic E-state index is 12.1. The average molecular weight is 333 g/mol. The predicted octanol–water partition coefficient (Wildman–Crippen LogP) is 3.88. The minimum Gasteiger partial charge on any atom is -0.324 e. The van der Waals surface area contributed by atoms with Gasteiger partial charge in [0.05, 0.1) is 0 Å². The molecule has 0 spiro atoms. The summed E-state index contributed by atoms with van der Waals surface area (Å²) in [4.78, 5) is 14.7. The molecular formula is C15H10Cl2N4O. The van der Waals surface area contributed by atoms with E-state index in [1.165, 1.54) is 0 Å². The van der Waals surface area contributed by atoms with E-state index in [-0.39, 0.29) is 17.2 Å². The van der Waals surface area contributed by atoms with Gasteiger partial charge in [0.1, 0.15) is 0 Å². The summed E-state index contributed by atoms with van der Waals surface area (Å²) < 4.78 is 0. The first-order chi connectivity index (χ1) is 10.6. The summed E-state index contributed by atoms with van der Waals surface area (Å²) >= 11 is 11.8. The lowest BCUT2D eigenvalue weighted by molar-refractivity contribution is 0.962. The van der Waals surface area contributed by atoms with E-state index >= 15 is 0 Å². The number of nitrogens with zero attached hydrogens (tertiary/aromatic N) is 2. The molecule has 2 aromatic carbocycles. The van der Waals surface area contributed by atoms with Gasteiger partial charge in [0, 0.05) is 21.3 Å². The molecule has 0 fully saturated rings. The van der Waals surface area contributed by atoms with Gasteiger partial charge in [0.25, 0.3) is 5.56 Å². The first-order valence-electron chi connectivity index (χ1n) is 6.37. The smallest absolute Gasteiger partial charge is 0.279 e. The average Bonchev–Trinajstić information content (AvgIpc) is 2.47. The van der Waals surface area contributed by atoms with Crippen molar-refractivity contribution in [2.24, 2.45) is 0 Å². The predicted molar refractivity (Wildman–Crippen MR) is 87.8 cm³/mol. The number of benzene rings is 2. The Morgan fingerprint density at radius 1 is 0.955 bits per heavy atom. The Bertz CT molecular complexity index is 845. The minimum atomic E-state index is -0.336. The number of nitrogens with one attached hydrogen (secondary N) is 2. The quantitative estimate of drug-likeness (QED) is 0.763. The third-order valence-electron chi connectivity index (χ3n) is 2.87. The Morgan fingerprint density at radius 3 is 2.27 bits per heavy atom. The SMILES string of the molecule is O=c1[nH]c(Nc2cc(Cl)cc(Cl)c2)nnc1-c1ccccc1.